The first kappa shape index (κ1) is 15.0. The number of aliphatic carboxylic acids is 1. The molecule has 0 saturated heterocycles. The van der Waals surface area contributed by atoms with E-state index in [9.17, 15) is 9.59 Å². The van der Waals surface area contributed by atoms with Gasteiger partial charge in [0, 0.05) is 6.92 Å². The second-order valence-corrected chi connectivity index (χ2v) is 4.65. The average molecular weight is 245 g/mol. The van der Waals surface area contributed by atoms with E-state index < -0.39 is 12.0 Å². The summed E-state index contributed by atoms with van der Waals surface area (Å²) in [6.07, 6.45) is 4.39. The fourth-order valence-electron chi connectivity index (χ4n) is 1.14. The van der Waals surface area contributed by atoms with E-state index in [1.165, 1.54) is 6.92 Å². The summed E-state index contributed by atoms with van der Waals surface area (Å²) in [5, 5.41) is 11.2. The Hall–Kier alpha value is -0.970. The molecule has 1 amide bonds. The molecule has 0 rings (SSSR count). The van der Waals surface area contributed by atoms with Crippen molar-refractivity contribution in [3.8, 4) is 0 Å². The number of carboxylic acid groups (broad SMARTS) is 1. The minimum absolute atomic E-state index is 0.302. The summed E-state index contributed by atoms with van der Waals surface area (Å²) in [7, 11) is 0. The largest absolute Gasteiger partial charge is 0.480 e. The smallest absolute Gasteiger partial charge is 0.326 e. The number of unbranched alkanes of at least 4 members (excludes halogenated alkanes) is 1. The van der Waals surface area contributed by atoms with Gasteiger partial charge in [-0.25, -0.2) is 4.79 Å². The Morgan fingerprint density at radius 3 is 2.69 bits per heavy atom. The number of rotatable bonds is 9. The van der Waals surface area contributed by atoms with Gasteiger partial charge in [-0.3, -0.25) is 4.79 Å². The molecule has 0 aliphatic rings. The van der Waals surface area contributed by atoms with Gasteiger partial charge in [0.05, 0.1) is 0 Å². The van der Waals surface area contributed by atoms with E-state index in [0.29, 0.717) is 6.42 Å². The van der Waals surface area contributed by atoms with E-state index in [-0.39, 0.29) is 5.91 Å². The summed E-state index contributed by atoms with van der Waals surface area (Å²) in [4.78, 5) is 21.5. The monoisotopic (exact) mass is 245 g/mol. The van der Waals surface area contributed by atoms with E-state index >= 15 is 0 Å². The third-order valence-electron chi connectivity index (χ3n) is 1.92. The number of hydrogen-bond acceptors (Lipinski definition) is 3. The van der Waals surface area contributed by atoms with Gasteiger partial charge in [-0.15, -0.1) is 6.58 Å². The highest BCUT2D eigenvalue weighted by atomic mass is 32.2. The number of amides is 1. The predicted molar refractivity (Wildman–Crippen MR) is 66.6 cm³/mol. The van der Waals surface area contributed by atoms with E-state index in [4.69, 9.17) is 5.11 Å². The van der Waals surface area contributed by atoms with Crippen molar-refractivity contribution in [1.82, 2.24) is 5.32 Å². The quantitative estimate of drug-likeness (QED) is 0.479. The molecule has 0 bridgehead atoms. The Kier molecular flexibility index (Phi) is 8.71. The molecule has 0 aliphatic carbocycles. The molecule has 92 valence electrons. The summed E-state index contributed by atoms with van der Waals surface area (Å²) in [6.45, 7) is 4.95. The lowest BCUT2D eigenvalue weighted by Gasteiger charge is -2.12. The summed E-state index contributed by atoms with van der Waals surface area (Å²) in [5.41, 5.74) is 0. The number of carbonyl (C=O) groups is 2. The van der Waals surface area contributed by atoms with Crippen LogP contribution in [0.1, 0.15) is 26.2 Å². The number of carbonyl (C=O) groups excluding carboxylic acids is 1. The molecule has 0 aromatic heterocycles. The SMILES string of the molecule is C=CCCCSCCC(NC(C)=O)C(=O)O. The lowest BCUT2D eigenvalue weighted by atomic mass is 10.2. The fourth-order valence-corrected chi connectivity index (χ4v) is 2.11. The van der Waals surface area contributed by atoms with Crippen LogP contribution in [0.4, 0.5) is 0 Å². The molecule has 1 unspecified atom stereocenters. The van der Waals surface area contributed by atoms with Gasteiger partial charge in [0.15, 0.2) is 0 Å². The Balaban J connectivity index is 3.64. The maximum absolute atomic E-state index is 10.8. The summed E-state index contributed by atoms with van der Waals surface area (Å²) >= 11 is 1.70. The molecule has 0 saturated carbocycles. The number of thioether (sulfide) groups is 1. The van der Waals surface area contributed by atoms with Crippen LogP contribution in [0, 0.1) is 0 Å². The van der Waals surface area contributed by atoms with Crippen molar-refractivity contribution in [2.24, 2.45) is 0 Å². The van der Waals surface area contributed by atoms with E-state index in [0.717, 1.165) is 24.3 Å². The second-order valence-electron chi connectivity index (χ2n) is 3.42. The average Bonchev–Trinajstić information content (AvgIpc) is 2.20. The first-order valence-corrected chi connectivity index (χ1v) is 6.42. The Bertz CT molecular complexity index is 243. The third kappa shape index (κ3) is 8.35. The molecule has 1 atom stereocenters. The number of nitrogens with one attached hydrogen (secondary N) is 1. The van der Waals surface area contributed by atoms with Crippen molar-refractivity contribution in [3.63, 3.8) is 0 Å². The maximum atomic E-state index is 10.8. The van der Waals surface area contributed by atoms with Gasteiger partial charge in [0.2, 0.25) is 5.91 Å². The lowest BCUT2D eigenvalue weighted by molar-refractivity contribution is -0.141. The van der Waals surface area contributed by atoms with Crippen molar-refractivity contribution in [1.29, 1.82) is 0 Å². The first-order chi connectivity index (χ1) is 7.57. The lowest BCUT2D eigenvalue weighted by Crippen LogP contribution is -2.39. The second kappa shape index (κ2) is 9.27. The molecule has 0 aliphatic heterocycles. The highest BCUT2D eigenvalue weighted by Gasteiger charge is 2.17. The van der Waals surface area contributed by atoms with Gasteiger partial charge >= 0.3 is 5.97 Å². The van der Waals surface area contributed by atoms with Gasteiger partial charge in [0.1, 0.15) is 6.04 Å². The first-order valence-electron chi connectivity index (χ1n) is 5.26. The van der Waals surface area contributed by atoms with Crippen molar-refractivity contribution in [3.05, 3.63) is 12.7 Å². The van der Waals surface area contributed by atoms with Crippen LogP contribution in [0.15, 0.2) is 12.7 Å². The zero-order valence-corrected chi connectivity index (χ0v) is 10.4. The maximum Gasteiger partial charge on any atom is 0.326 e. The zero-order valence-electron chi connectivity index (χ0n) is 9.57. The normalized spacial score (nSPS) is 11.8. The van der Waals surface area contributed by atoms with Crippen LogP contribution < -0.4 is 5.32 Å². The van der Waals surface area contributed by atoms with Crippen LogP contribution in [0.25, 0.3) is 0 Å². The third-order valence-corrected chi connectivity index (χ3v) is 3.03. The highest BCUT2D eigenvalue weighted by molar-refractivity contribution is 7.99. The molecule has 0 aromatic carbocycles. The molecule has 5 heteroatoms. The molecule has 16 heavy (non-hydrogen) atoms. The predicted octanol–water partition coefficient (Wildman–Crippen LogP) is 1.67. The molecule has 0 spiro atoms. The zero-order chi connectivity index (χ0) is 12.4. The van der Waals surface area contributed by atoms with E-state index in [1.54, 1.807) is 11.8 Å². The number of hydrogen-bond donors (Lipinski definition) is 2. The van der Waals surface area contributed by atoms with Crippen LogP contribution in [-0.2, 0) is 9.59 Å². The summed E-state index contributed by atoms with van der Waals surface area (Å²) in [5.74, 6) is 0.471. The molecule has 0 fully saturated rings. The van der Waals surface area contributed by atoms with Crippen molar-refractivity contribution in [2.75, 3.05) is 11.5 Å². The van der Waals surface area contributed by atoms with Gasteiger partial charge in [-0.2, -0.15) is 11.8 Å². The van der Waals surface area contributed by atoms with Crippen LogP contribution in [0.3, 0.4) is 0 Å². The van der Waals surface area contributed by atoms with Crippen molar-refractivity contribution >= 4 is 23.6 Å². The van der Waals surface area contributed by atoms with Crippen molar-refractivity contribution < 1.29 is 14.7 Å². The molecule has 0 heterocycles. The van der Waals surface area contributed by atoms with Crippen LogP contribution in [0.2, 0.25) is 0 Å². The molecule has 2 N–H and O–H groups in total. The number of allylic oxidation sites excluding steroid dienone is 1. The molecular weight excluding hydrogens is 226 g/mol. The topological polar surface area (TPSA) is 66.4 Å². The minimum atomic E-state index is -0.970. The Morgan fingerprint density at radius 1 is 1.50 bits per heavy atom. The fraction of sp³-hybridized carbons (Fsp3) is 0.636. The highest BCUT2D eigenvalue weighted by Crippen LogP contribution is 2.08. The van der Waals surface area contributed by atoms with E-state index in [2.05, 4.69) is 11.9 Å². The van der Waals surface area contributed by atoms with Gasteiger partial charge in [-0.1, -0.05) is 6.08 Å². The number of carboxylic acids is 1. The van der Waals surface area contributed by atoms with Crippen LogP contribution in [0.5, 0.6) is 0 Å². The van der Waals surface area contributed by atoms with E-state index in [1.807, 2.05) is 6.08 Å². The van der Waals surface area contributed by atoms with Crippen molar-refractivity contribution in [2.45, 2.75) is 32.2 Å². The molecule has 4 nitrogen and oxygen atoms in total. The Labute approximate surface area is 100 Å². The van der Waals surface area contributed by atoms with Crippen LogP contribution >= 0.6 is 11.8 Å². The Morgan fingerprint density at radius 2 is 2.19 bits per heavy atom. The van der Waals surface area contributed by atoms with Crippen LogP contribution in [-0.4, -0.2) is 34.5 Å². The van der Waals surface area contributed by atoms with Gasteiger partial charge in [0.25, 0.3) is 0 Å². The summed E-state index contributed by atoms with van der Waals surface area (Å²) < 4.78 is 0. The van der Waals surface area contributed by atoms with Gasteiger partial charge < -0.3 is 10.4 Å². The molecule has 0 radical (unpaired) electrons. The molecular formula is C11H19NO3S. The van der Waals surface area contributed by atoms with Gasteiger partial charge in [-0.05, 0) is 30.8 Å². The molecule has 0 aromatic rings. The minimum Gasteiger partial charge on any atom is -0.480 e. The summed E-state index contributed by atoms with van der Waals surface area (Å²) in [6, 6.07) is -0.760. The standard InChI is InChI=1S/C11H19NO3S/c1-3-4-5-7-16-8-6-10(11(14)15)12-9(2)13/h3,10H,1,4-8H2,2H3,(H,12,13)(H,14,15).